The van der Waals surface area contributed by atoms with Crippen molar-refractivity contribution in [3.05, 3.63) is 35.4 Å². The van der Waals surface area contributed by atoms with Crippen molar-refractivity contribution in [3.8, 4) is 0 Å². The van der Waals surface area contributed by atoms with Gasteiger partial charge in [-0.15, -0.1) is 0 Å². The first-order valence-corrected chi connectivity index (χ1v) is 5.43. The van der Waals surface area contributed by atoms with E-state index >= 15 is 0 Å². The Labute approximate surface area is 92.7 Å². The fraction of sp³-hybridized carbons (Fsp3) is 0.500. The second-order valence-electron chi connectivity index (χ2n) is 4.12. The second-order valence-corrected chi connectivity index (χ2v) is 4.12. The Morgan fingerprint density at radius 2 is 2.00 bits per heavy atom. The van der Waals surface area contributed by atoms with Crippen LogP contribution in [0.25, 0.3) is 0 Å². The molecule has 0 aliphatic carbocycles. The van der Waals surface area contributed by atoms with E-state index in [1.54, 1.807) is 12.1 Å². The molecule has 2 atom stereocenters. The fourth-order valence-electron chi connectivity index (χ4n) is 2.22. The summed E-state index contributed by atoms with van der Waals surface area (Å²) in [4.78, 5) is 0. The minimum absolute atomic E-state index is 0.0379. The molecule has 16 heavy (non-hydrogen) atoms. The Bertz CT molecular complexity index is 373. The van der Waals surface area contributed by atoms with Gasteiger partial charge in [0, 0.05) is 6.04 Å². The molecule has 0 bridgehead atoms. The lowest BCUT2D eigenvalue weighted by Crippen LogP contribution is -2.48. The minimum Gasteiger partial charge on any atom is -0.299 e. The number of alkyl halides is 3. The van der Waals surface area contributed by atoms with Gasteiger partial charge in [0.15, 0.2) is 0 Å². The molecule has 0 saturated heterocycles. The average Bonchev–Trinajstić information content (AvgIpc) is 2.26. The SMILES string of the molecule is CCC1NC(C(F)(F)F)Cc2ccccc21. The fourth-order valence-corrected chi connectivity index (χ4v) is 2.22. The van der Waals surface area contributed by atoms with Gasteiger partial charge in [0.1, 0.15) is 6.04 Å². The van der Waals surface area contributed by atoms with Gasteiger partial charge in [0.25, 0.3) is 0 Å². The highest BCUT2D eigenvalue weighted by Gasteiger charge is 2.43. The van der Waals surface area contributed by atoms with Crippen molar-refractivity contribution in [2.24, 2.45) is 0 Å². The summed E-state index contributed by atoms with van der Waals surface area (Å²) in [6.07, 6.45) is -3.46. The maximum atomic E-state index is 12.7. The molecule has 0 radical (unpaired) electrons. The lowest BCUT2D eigenvalue weighted by Gasteiger charge is -2.33. The predicted molar refractivity (Wildman–Crippen MR) is 56.2 cm³/mol. The van der Waals surface area contributed by atoms with Crippen LogP contribution >= 0.6 is 0 Å². The van der Waals surface area contributed by atoms with Gasteiger partial charge in [0.2, 0.25) is 0 Å². The van der Waals surface area contributed by atoms with E-state index < -0.39 is 12.2 Å². The van der Waals surface area contributed by atoms with Crippen molar-refractivity contribution in [1.29, 1.82) is 0 Å². The largest absolute Gasteiger partial charge is 0.404 e. The molecule has 2 unspecified atom stereocenters. The summed E-state index contributed by atoms with van der Waals surface area (Å²) in [6.45, 7) is 1.90. The maximum absolute atomic E-state index is 12.7. The Hall–Kier alpha value is -1.03. The van der Waals surface area contributed by atoms with Gasteiger partial charge >= 0.3 is 6.18 Å². The second kappa shape index (κ2) is 4.09. The van der Waals surface area contributed by atoms with Crippen molar-refractivity contribution in [1.82, 2.24) is 5.32 Å². The summed E-state index contributed by atoms with van der Waals surface area (Å²) in [6, 6.07) is 5.77. The van der Waals surface area contributed by atoms with Crippen LogP contribution in [0.5, 0.6) is 0 Å². The van der Waals surface area contributed by atoms with Crippen LogP contribution in [0.4, 0.5) is 13.2 Å². The molecule has 0 spiro atoms. The van der Waals surface area contributed by atoms with Crippen LogP contribution in [-0.2, 0) is 6.42 Å². The first-order valence-electron chi connectivity index (χ1n) is 5.43. The summed E-state index contributed by atoms with van der Waals surface area (Å²) in [5.41, 5.74) is 1.82. The Kier molecular flexibility index (Phi) is 2.93. The van der Waals surface area contributed by atoms with Gasteiger partial charge in [0.05, 0.1) is 0 Å². The number of halogens is 3. The van der Waals surface area contributed by atoms with Gasteiger partial charge in [-0.2, -0.15) is 13.2 Å². The Balaban J connectivity index is 2.32. The highest BCUT2D eigenvalue weighted by Crippen LogP contribution is 2.33. The molecule has 1 N–H and O–H groups in total. The molecule has 0 amide bonds. The molecule has 1 aromatic rings. The first kappa shape index (κ1) is 11.5. The Morgan fingerprint density at radius 3 is 2.62 bits per heavy atom. The van der Waals surface area contributed by atoms with Crippen molar-refractivity contribution < 1.29 is 13.2 Å². The molecule has 1 aliphatic rings. The molecule has 1 aliphatic heterocycles. The van der Waals surface area contributed by atoms with Crippen LogP contribution < -0.4 is 5.32 Å². The van der Waals surface area contributed by atoms with Gasteiger partial charge in [-0.25, -0.2) is 0 Å². The van der Waals surface area contributed by atoms with E-state index in [0.29, 0.717) is 6.42 Å². The third kappa shape index (κ3) is 2.07. The van der Waals surface area contributed by atoms with E-state index in [1.807, 2.05) is 19.1 Å². The average molecular weight is 229 g/mol. The zero-order valence-corrected chi connectivity index (χ0v) is 9.01. The molecule has 4 heteroatoms. The molecular formula is C12H14F3N. The van der Waals surface area contributed by atoms with Crippen LogP contribution in [0.3, 0.4) is 0 Å². The summed E-state index contributed by atoms with van der Waals surface area (Å²) in [5, 5.41) is 2.67. The summed E-state index contributed by atoms with van der Waals surface area (Å²) < 4.78 is 38.0. The molecule has 0 fully saturated rings. The molecule has 0 aromatic heterocycles. The van der Waals surface area contributed by atoms with Gasteiger partial charge < -0.3 is 0 Å². The Morgan fingerprint density at radius 1 is 1.31 bits per heavy atom. The van der Waals surface area contributed by atoms with E-state index in [0.717, 1.165) is 11.1 Å². The number of nitrogens with one attached hydrogen (secondary N) is 1. The van der Waals surface area contributed by atoms with E-state index in [1.165, 1.54) is 0 Å². The van der Waals surface area contributed by atoms with Crippen LogP contribution in [0.1, 0.15) is 30.5 Å². The minimum atomic E-state index is -4.17. The number of hydrogen-bond donors (Lipinski definition) is 1. The number of fused-ring (bicyclic) bond motifs is 1. The van der Waals surface area contributed by atoms with Gasteiger partial charge in [-0.1, -0.05) is 31.2 Å². The lowest BCUT2D eigenvalue weighted by molar-refractivity contribution is -0.159. The van der Waals surface area contributed by atoms with E-state index in [2.05, 4.69) is 5.32 Å². The third-order valence-electron chi connectivity index (χ3n) is 3.06. The molecule has 2 rings (SSSR count). The van der Waals surface area contributed by atoms with Crippen LogP contribution in [-0.4, -0.2) is 12.2 Å². The number of hydrogen-bond acceptors (Lipinski definition) is 1. The molecule has 88 valence electrons. The van der Waals surface area contributed by atoms with Crippen molar-refractivity contribution in [2.75, 3.05) is 0 Å². The number of benzene rings is 1. The standard InChI is InChI=1S/C12H14F3N/c1-2-10-9-6-4-3-5-8(9)7-11(16-10)12(13,14)15/h3-6,10-11,16H,2,7H2,1H3. The first-order chi connectivity index (χ1) is 7.52. The van der Waals surface area contributed by atoms with E-state index in [4.69, 9.17) is 0 Å². The zero-order valence-electron chi connectivity index (χ0n) is 9.01. The van der Waals surface area contributed by atoms with Crippen molar-refractivity contribution in [3.63, 3.8) is 0 Å². The zero-order chi connectivity index (χ0) is 11.8. The van der Waals surface area contributed by atoms with Gasteiger partial charge in [-0.3, -0.25) is 5.32 Å². The van der Waals surface area contributed by atoms with E-state index in [-0.39, 0.29) is 12.5 Å². The summed E-state index contributed by atoms with van der Waals surface area (Å²) >= 11 is 0. The van der Waals surface area contributed by atoms with Crippen LogP contribution in [0.15, 0.2) is 24.3 Å². The molecule has 0 saturated carbocycles. The highest BCUT2D eigenvalue weighted by molar-refractivity contribution is 5.33. The lowest BCUT2D eigenvalue weighted by atomic mass is 9.89. The quantitative estimate of drug-likeness (QED) is 0.779. The van der Waals surface area contributed by atoms with Crippen molar-refractivity contribution in [2.45, 2.75) is 38.0 Å². The normalized spacial score (nSPS) is 25.2. The van der Waals surface area contributed by atoms with Crippen LogP contribution in [0.2, 0.25) is 0 Å². The predicted octanol–water partition coefficient (Wildman–Crippen LogP) is 3.21. The summed E-state index contributed by atoms with van der Waals surface area (Å²) in [5.74, 6) is 0. The van der Waals surface area contributed by atoms with Crippen LogP contribution in [0, 0.1) is 0 Å². The van der Waals surface area contributed by atoms with E-state index in [9.17, 15) is 13.2 Å². The summed E-state index contributed by atoms with van der Waals surface area (Å²) in [7, 11) is 0. The smallest absolute Gasteiger partial charge is 0.299 e. The number of rotatable bonds is 1. The topological polar surface area (TPSA) is 12.0 Å². The molecule has 1 heterocycles. The monoisotopic (exact) mass is 229 g/mol. The van der Waals surface area contributed by atoms with Crippen molar-refractivity contribution >= 4 is 0 Å². The van der Waals surface area contributed by atoms with Gasteiger partial charge in [-0.05, 0) is 24.0 Å². The third-order valence-corrected chi connectivity index (χ3v) is 3.06. The molecule has 1 aromatic carbocycles. The highest BCUT2D eigenvalue weighted by atomic mass is 19.4. The maximum Gasteiger partial charge on any atom is 0.404 e. The molecule has 1 nitrogen and oxygen atoms in total. The molecular weight excluding hydrogens is 215 g/mol.